The van der Waals surface area contributed by atoms with Crippen LogP contribution in [0.25, 0.3) is 16.8 Å². The molecule has 0 aliphatic carbocycles. The maximum atomic E-state index is 12.8. The lowest BCUT2D eigenvalue weighted by molar-refractivity contribution is -0.112. The Kier molecular flexibility index (Phi) is 8.09. The monoisotopic (exact) mass is 604 g/mol. The van der Waals surface area contributed by atoms with E-state index >= 15 is 0 Å². The van der Waals surface area contributed by atoms with E-state index in [4.69, 9.17) is 9.47 Å². The number of hydrogen-bond donors (Lipinski definition) is 1. The maximum Gasteiger partial charge on any atom is 0.266 e. The number of ether oxygens (including phenoxy) is 2. The van der Waals surface area contributed by atoms with E-state index in [1.165, 1.54) is 6.08 Å². The van der Waals surface area contributed by atoms with Gasteiger partial charge in [0.25, 0.3) is 5.91 Å². The molecule has 1 amide bonds. The molecule has 0 atom stereocenters. The number of nitriles is 1. The molecule has 0 fully saturated rings. The summed E-state index contributed by atoms with van der Waals surface area (Å²) in [5.41, 5.74) is 3.24. The SMILES string of the molecule is COc1cc(/C=C(\C#N)C(=O)Nc2c(Br)cc(C)cc2Br)ccc1OCc1cccc2ccccc12. The first kappa shape index (κ1) is 25.5. The first-order valence-corrected chi connectivity index (χ1v) is 12.6. The number of rotatable bonds is 7. The van der Waals surface area contributed by atoms with Crippen LogP contribution >= 0.6 is 31.9 Å². The Balaban J connectivity index is 1.54. The number of fused-ring (bicyclic) bond motifs is 1. The van der Waals surface area contributed by atoms with Crippen molar-refractivity contribution in [2.24, 2.45) is 0 Å². The fourth-order valence-corrected chi connectivity index (χ4v) is 5.40. The van der Waals surface area contributed by atoms with Crippen LogP contribution in [0, 0.1) is 18.3 Å². The van der Waals surface area contributed by atoms with Gasteiger partial charge in [0, 0.05) is 8.95 Å². The molecule has 4 rings (SSSR count). The number of nitrogens with one attached hydrogen (secondary N) is 1. The summed E-state index contributed by atoms with van der Waals surface area (Å²) in [6.45, 7) is 2.32. The number of halogens is 2. The van der Waals surface area contributed by atoms with E-state index in [1.807, 2.05) is 49.4 Å². The topological polar surface area (TPSA) is 71.3 Å². The first-order valence-electron chi connectivity index (χ1n) is 11.1. The van der Waals surface area contributed by atoms with Gasteiger partial charge in [-0.1, -0.05) is 48.5 Å². The van der Waals surface area contributed by atoms with Gasteiger partial charge in [0.15, 0.2) is 11.5 Å². The highest BCUT2D eigenvalue weighted by Gasteiger charge is 2.15. The summed E-state index contributed by atoms with van der Waals surface area (Å²) in [5, 5.41) is 14.7. The molecule has 7 heteroatoms. The Labute approximate surface area is 226 Å². The average Bonchev–Trinajstić information content (AvgIpc) is 2.88. The predicted octanol–water partition coefficient (Wildman–Crippen LogP) is 7.81. The summed E-state index contributed by atoms with van der Waals surface area (Å²) in [4.78, 5) is 12.8. The molecule has 36 heavy (non-hydrogen) atoms. The molecule has 0 aliphatic heterocycles. The fraction of sp³-hybridized carbons (Fsp3) is 0.103. The number of hydrogen-bond acceptors (Lipinski definition) is 4. The van der Waals surface area contributed by atoms with E-state index < -0.39 is 5.91 Å². The second kappa shape index (κ2) is 11.4. The van der Waals surface area contributed by atoms with Crippen molar-refractivity contribution in [2.45, 2.75) is 13.5 Å². The third-order valence-electron chi connectivity index (χ3n) is 5.55. The molecular formula is C29H22Br2N2O3. The van der Waals surface area contributed by atoms with Crippen molar-refractivity contribution >= 4 is 60.3 Å². The molecule has 0 heterocycles. The van der Waals surface area contributed by atoms with Gasteiger partial charge in [0.1, 0.15) is 18.2 Å². The number of nitrogens with zero attached hydrogens (tertiary/aromatic N) is 1. The summed E-state index contributed by atoms with van der Waals surface area (Å²) in [6.07, 6.45) is 1.52. The minimum absolute atomic E-state index is 0.0409. The lowest BCUT2D eigenvalue weighted by Gasteiger charge is -2.13. The number of carbonyl (C=O) groups is 1. The molecule has 0 spiro atoms. The van der Waals surface area contributed by atoms with Gasteiger partial charge in [-0.3, -0.25) is 4.79 Å². The van der Waals surface area contributed by atoms with Gasteiger partial charge in [0.05, 0.1) is 12.8 Å². The minimum Gasteiger partial charge on any atom is -0.493 e. The zero-order valence-electron chi connectivity index (χ0n) is 19.6. The van der Waals surface area contributed by atoms with Crippen LogP contribution in [0.15, 0.2) is 87.3 Å². The molecule has 4 aromatic carbocycles. The highest BCUT2D eigenvalue weighted by atomic mass is 79.9. The molecule has 1 N–H and O–H groups in total. The predicted molar refractivity (Wildman–Crippen MR) is 150 cm³/mol. The standard InChI is InChI=1S/C29H22Br2N2O3/c1-18-12-24(30)28(25(31)13-18)33-29(34)22(16-32)14-19-10-11-26(27(15-19)35-2)36-17-21-8-5-7-20-6-3-4-9-23(20)21/h3-15H,17H2,1-2H3,(H,33,34)/b22-14+. The van der Waals surface area contributed by atoms with Crippen molar-refractivity contribution in [3.63, 3.8) is 0 Å². The molecule has 0 aromatic heterocycles. The van der Waals surface area contributed by atoms with E-state index in [1.54, 1.807) is 25.3 Å². The van der Waals surface area contributed by atoms with Gasteiger partial charge in [-0.15, -0.1) is 0 Å². The van der Waals surface area contributed by atoms with Crippen LogP contribution in [0.5, 0.6) is 11.5 Å². The van der Waals surface area contributed by atoms with Gasteiger partial charge >= 0.3 is 0 Å². The van der Waals surface area contributed by atoms with Crippen molar-refractivity contribution in [3.05, 3.63) is 104 Å². The van der Waals surface area contributed by atoms with Crippen LogP contribution in [-0.4, -0.2) is 13.0 Å². The Hall–Kier alpha value is -3.60. The lowest BCUT2D eigenvalue weighted by atomic mass is 10.1. The van der Waals surface area contributed by atoms with Gasteiger partial charge in [-0.05, 0) is 96.6 Å². The summed E-state index contributed by atoms with van der Waals surface area (Å²) in [5.74, 6) is 0.557. The summed E-state index contributed by atoms with van der Waals surface area (Å²) in [7, 11) is 1.55. The highest BCUT2D eigenvalue weighted by molar-refractivity contribution is 9.11. The Morgan fingerprint density at radius 2 is 1.72 bits per heavy atom. The molecule has 0 saturated heterocycles. The quantitative estimate of drug-likeness (QED) is 0.172. The molecule has 180 valence electrons. The average molecular weight is 606 g/mol. The van der Waals surface area contributed by atoms with Gasteiger partial charge in [-0.2, -0.15) is 5.26 Å². The number of carbonyl (C=O) groups excluding carboxylic acids is 1. The molecule has 0 bridgehead atoms. The summed E-state index contributed by atoms with van der Waals surface area (Å²) < 4.78 is 13.0. The Morgan fingerprint density at radius 3 is 2.44 bits per heavy atom. The first-order chi connectivity index (χ1) is 17.4. The molecule has 0 unspecified atom stereocenters. The van der Waals surface area contributed by atoms with E-state index in [0.29, 0.717) is 29.4 Å². The van der Waals surface area contributed by atoms with Crippen LogP contribution in [0.2, 0.25) is 0 Å². The van der Waals surface area contributed by atoms with E-state index in [9.17, 15) is 10.1 Å². The van der Waals surface area contributed by atoms with Gasteiger partial charge in [-0.25, -0.2) is 0 Å². The zero-order valence-corrected chi connectivity index (χ0v) is 22.8. The van der Waals surface area contributed by atoms with Crippen LogP contribution < -0.4 is 14.8 Å². The highest BCUT2D eigenvalue weighted by Crippen LogP contribution is 2.33. The van der Waals surface area contributed by atoms with Crippen molar-refractivity contribution < 1.29 is 14.3 Å². The van der Waals surface area contributed by atoms with E-state index in [-0.39, 0.29) is 5.57 Å². The molecule has 4 aromatic rings. The van der Waals surface area contributed by atoms with Crippen LogP contribution in [0.3, 0.4) is 0 Å². The number of benzene rings is 4. The molecule has 0 saturated carbocycles. The number of methoxy groups -OCH3 is 1. The fourth-order valence-electron chi connectivity index (χ4n) is 3.78. The van der Waals surface area contributed by atoms with Crippen molar-refractivity contribution in [1.82, 2.24) is 0 Å². The molecule has 5 nitrogen and oxygen atoms in total. The van der Waals surface area contributed by atoms with Crippen molar-refractivity contribution in [2.75, 3.05) is 12.4 Å². The van der Waals surface area contributed by atoms with Crippen molar-refractivity contribution in [1.29, 1.82) is 5.26 Å². The maximum absolute atomic E-state index is 12.8. The Bertz CT molecular complexity index is 1490. The summed E-state index contributed by atoms with van der Waals surface area (Å²) >= 11 is 6.92. The van der Waals surface area contributed by atoms with Crippen molar-refractivity contribution in [3.8, 4) is 17.6 Å². The normalized spacial score (nSPS) is 11.1. The van der Waals surface area contributed by atoms with Crippen LogP contribution in [0.1, 0.15) is 16.7 Å². The third-order valence-corrected chi connectivity index (χ3v) is 6.80. The van der Waals surface area contributed by atoms with Crippen LogP contribution in [0.4, 0.5) is 5.69 Å². The lowest BCUT2D eigenvalue weighted by Crippen LogP contribution is -2.14. The largest absolute Gasteiger partial charge is 0.493 e. The second-order valence-electron chi connectivity index (χ2n) is 8.06. The number of aryl methyl sites for hydroxylation is 1. The second-order valence-corrected chi connectivity index (χ2v) is 9.77. The summed E-state index contributed by atoms with van der Waals surface area (Å²) in [6, 6.07) is 25.3. The minimum atomic E-state index is -0.516. The molecular weight excluding hydrogens is 584 g/mol. The molecule has 0 aliphatic rings. The smallest absolute Gasteiger partial charge is 0.266 e. The zero-order chi connectivity index (χ0) is 25.7. The van der Waals surface area contributed by atoms with Gasteiger partial charge < -0.3 is 14.8 Å². The van der Waals surface area contributed by atoms with E-state index in [2.05, 4.69) is 55.4 Å². The third kappa shape index (κ3) is 5.78. The van der Waals surface area contributed by atoms with E-state index in [0.717, 1.165) is 30.8 Å². The number of anilines is 1. The Morgan fingerprint density at radius 1 is 1.00 bits per heavy atom. The van der Waals surface area contributed by atoms with Crippen LogP contribution in [-0.2, 0) is 11.4 Å². The molecule has 0 radical (unpaired) electrons. The number of amides is 1. The van der Waals surface area contributed by atoms with Gasteiger partial charge in [0.2, 0.25) is 0 Å².